The van der Waals surface area contributed by atoms with Crippen LogP contribution in [0, 0.1) is 5.41 Å². The van der Waals surface area contributed by atoms with Crippen molar-refractivity contribution in [2.24, 2.45) is 0 Å². The zero-order valence-electron chi connectivity index (χ0n) is 6.02. The molecule has 11 heavy (non-hydrogen) atoms. The summed E-state index contributed by atoms with van der Waals surface area (Å²) in [6, 6.07) is 5.72. The van der Waals surface area contributed by atoms with Crippen LogP contribution < -0.4 is 11.1 Å². The third-order valence-electron chi connectivity index (χ3n) is 1.89. The van der Waals surface area contributed by atoms with E-state index in [4.69, 9.17) is 11.1 Å². The van der Waals surface area contributed by atoms with Gasteiger partial charge in [-0.1, -0.05) is 12.1 Å². The van der Waals surface area contributed by atoms with Crippen LogP contribution in [0.2, 0.25) is 0 Å². The molecule has 0 radical (unpaired) electrons. The van der Waals surface area contributed by atoms with Gasteiger partial charge in [-0.15, -0.1) is 0 Å². The molecule has 1 aromatic rings. The Hall–Kier alpha value is -1.51. The van der Waals surface area contributed by atoms with E-state index in [1.807, 2.05) is 18.2 Å². The van der Waals surface area contributed by atoms with E-state index >= 15 is 0 Å². The van der Waals surface area contributed by atoms with Crippen molar-refractivity contribution in [3.8, 4) is 0 Å². The smallest absolute Gasteiger partial charge is 0.128 e. The van der Waals surface area contributed by atoms with Crippen LogP contribution in [0.3, 0.4) is 0 Å². The largest absolute Gasteiger partial charge is 0.398 e. The second-order valence-electron chi connectivity index (χ2n) is 2.61. The highest BCUT2D eigenvalue weighted by Gasteiger charge is 2.16. The molecule has 0 unspecified atom stereocenters. The minimum absolute atomic E-state index is 0.443. The molecule has 3 nitrogen and oxygen atoms in total. The molecule has 0 amide bonds. The third-order valence-corrected chi connectivity index (χ3v) is 1.89. The minimum atomic E-state index is 0.443. The zero-order chi connectivity index (χ0) is 7.84. The summed E-state index contributed by atoms with van der Waals surface area (Å²) < 4.78 is 0. The number of amidine groups is 1. The van der Waals surface area contributed by atoms with E-state index < -0.39 is 0 Å². The first-order valence-electron chi connectivity index (χ1n) is 3.49. The summed E-state index contributed by atoms with van der Waals surface area (Å²) in [6.07, 6.45) is 0. The number of hydrogen-bond donors (Lipinski definition) is 3. The molecule has 0 saturated carbocycles. The zero-order valence-corrected chi connectivity index (χ0v) is 6.02. The fraction of sp³-hybridized carbons (Fsp3) is 0.125. The first-order chi connectivity index (χ1) is 5.29. The lowest BCUT2D eigenvalue weighted by Gasteiger charge is -1.99. The van der Waals surface area contributed by atoms with Gasteiger partial charge in [0, 0.05) is 17.8 Å². The molecule has 0 aliphatic carbocycles. The quantitative estimate of drug-likeness (QED) is 0.473. The Kier molecular flexibility index (Phi) is 1.12. The van der Waals surface area contributed by atoms with Gasteiger partial charge in [0.2, 0.25) is 0 Å². The van der Waals surface area contributed by atoms with Gasteiger partial charge >= 0.3 is 0 Å². The highest BCUT2D eigenvalue weighted by atomic mass is 15.0. The average molecular weight is 147 g/mol. The highest BCUT2D eigenvalue weighted by molar-refractivity contribution is 6.04. The summed E-state index contributed by atoms with van der Waals surface area (Å²) in [4.78, 5) is 0. The fourth-order valence-electron chi connectivity index (χ4n) is 1.34. The number of hydrogen-bond acceptors (Lipinski definition) is 2. The van der Waals surface area contributed by atoms with E-state index in [0.29, 0.717) is 11.5 Å². The van der Waals surface area contributed by atoms with Gasteiger partial charge in [-0.25, -0.2) is 0 Å². The van der Waals surface area contributed by atoms with Crippen LogP contribution >= 0.6 is 0 Å². The number of anilines is 1. The molecular weight excluding hydrogens is 138 g/mol. The molecule has 1 aromatic carbocycles. The number of nitrogen functional groups attached to an aromatic ring is 1. The Balaban J connectivity index is 2.68. The van der Waals surface area contributed by atoms with Crippen LogP contribution in [0.4, 0.5) is 5.69 Å². The third kappa shape index (κ3) is 0.774. The molecule has 3 heteroatoms. The van der Waals surface area contributed by atoms with Gasteiger partial charge in [0.05, 0.1) is 0 Å². The van der Waals surface area contributed by atoms with Crippen LogP contribution in [0.15, 0.2) is 18.2 Å². The van der Waals surface area contributed by atoms with E-state index in [1.54, 1.807) is 0 Å². The van der Waals surface area contributed by atoms with Crippen molar-refractivity contribution >= 4 is 11.5 Å². The van der Waals surface area contributed by atoms with Crippen molar-refractivity contribution in [1.29, 1.82) is 5.41 Å². The Labute approximate surface area is 64.7 Å². The van der Waals surface area contributed by atoms with Crippen LogP contribution in [0.5, 0.6) is 0 Å². The maximum atomic E-state index is 7.48. The Morgan fingerprint density at radius 3 is 3.00 bits per heavy atom. The number of nitrogens with one attached hydrogen (secondary N) is 2. The molecule has 0 aromatic heterocycles. The van der Waals surface area contributed by atoms with Gasteiger partial charge in [0.1, 0.15) is 5.84 Å². The SMILES string of the molecule is N=C1NCc2cccc(N)c21. The Bertz CT molecular complexity index is 317. The lowest BCUT2D eigenvalue weighted by molar-refractivity contribution is 0.957. The second kappa shape index (κ2) is 1.99. The van der Waals surface area contributed by atoms with E-state index in [1.165, 1.54) is 0 Å². The maximum absolute atomic E-state index is 7.48. The van der Waals surface area contributed by atoms with Crippen molar-refractivity contribution in [3.05, 3.63) is 29.3 Å². The molecule has 1 aliphatic heterocycles. The molecule has 56 valence electrons. The molecule has 4 N–H and O–H groups in total. The van der Waals surface area contributed by atoms with Gasteiger partial charge in [-0.3, -0.25) is 5.41 Å². The first kappa shape index (κ1) is 6.22. The van der Waals surface area contributed by atoms with Crippen molar-refractivity contribution in [3.63, 3.8) is 0 Å². The van der Waals surface area contributed by atoms with Crippen molar-refractivity contribution < 1.29 is 0 Å². The minimum Gasteiger partial charge on any atom is -0.398 e. The number of fused-ring (bicyclic) bond motifs is 1. The summed E-state index contributed by atoms with van der Waals surface area (Å²) in [5.74, 6) is 0.443. The van der Waals surface area contributed by atoms with Gasteiger partial charge < -0.3 is 11.1 Å². The predicted molar refractivity (Wildman–Crippen MR) is 44.5 cm³/mol. The van der Waals surface area contributed by atoms with Gasteiger partial charge in [-0.05, 0) is 11.6 Å². The lowest BCUT2D eigenvalue weighted by atomic mass is 10.1. The van der Waals surface area contributed by atoms with Crippen LogP contribution in [0.1, 0.15) is 11.1 Å². The van der Waals surface area contributed by atoms with Gasteiger partial charge in [-0.2, -0.15) is 0 Å². The summed E-state index contributed by atoms with van der Waals surface area (Å²) >= 11 is 0. The molecule has 1 heterocycles. The standard InChI is InChI=1S/C8H9N3/c9-6-3-1-2-5-4-11-8(10)7(5)6/h1-3H,4,9H2,(H2,10,11). The van der Waals surface area contributed by atoms with E-state index in [0.717, 1.165) is 17.7 Å². The first-order valence-corrected chi connectivity index (χ1v) is 3.49. The lowest BCUT2D eigenvalue weighted by Crippen LogP contribution is -2.13. The van der Waals surface area contributed by atoms with Crippen LogP contribution in [0.25, 0.3) is 0 Å². The van der Waals surface area contributed by atoms with Crippen LogP contribution in [-0.2, 0) is 6.54 Å². The average Bonchev–Trinajstić information content (AvgIpc) is 2.34. The molecule has 0 spiro atoms. The Morgan fingerprint density at radius 1 is 1.45 bits per heavy atom. The summed E-state index contributed by atoms with van der Waals surface area (Å²) in [7, 11) is 0. The van der Waals surface area contributed by atoms with Gasteiger partial charge in [0.15, 0.2) is 0 Å². The molecular formula is C8H9N3. The fourth-order valence-corrected chi connectivity index (χ4v) is 1.34. The van der Waals surface area contributed by atoms with E-state index in [-0.39, 0.29) is 0 Å². The summed E-state index contributed by atoms with van der Waals surface area (Å²) in [5.41, 5.74) is 8.36. The van der Waals surface area contributed by atoms with E-state index in [9.17, 15) is 0 Å². The molecule has 2 rings (SSSR count). The van der Waals surface area contributed by atoms with E-state index in [2.05, 4.69) is 5.32 Å². The molecule has 1 aliphatic rings. The van der Waals surface area contributed by atoms with Gasteiger partial charge in [0.25, 0.3) is 0 Å². The normalized spacial score (nSPS) is 14.4. The van der Waals surface area contributed by atoms with Crippen molar-refractivity contribution in [2.75, 3.05) is 5.73 Å². The van der Waals surface area contributed by atoms with Crippen molar-refractivity contribution in [2.45, 2.75) is 6.54 Å². The summed E-state index contributed by atoms with van der Waals surface area (Å²) in [6.45, 7) is 0.735. The van der Waals surface area contributed by atoms with Crippen molar-refractivity contribution in [1.82, 2.24) is 5.32 Å². The number of nitrogens with two attached hydrogens (primary N) is 1. The topological polar surface area (TPSA) is 61.9 Å². The Morgan fingerprint density at radius 2 is 2.27 bits per heavy atom. The van der Waals surface area contributed by atoms with Crippen LogP contribution in [-0.4, -0.2) is 5.84 Å². The predicted octanol–water partition coefficient (Wildman–Crippen LogP) is 0.697. The molecule has 0 atom stereocenters. The highest BCUT2D eigenvalue weighted by Crippen LogP contribution is 2.20. The second-order valence-corrected chi connectivity index (χ2v) is 2.61. The monoisotopic (exact) mass is 147 g/mol. The molecule has 0 fully saturated rings. The number of rotatable bonds is 0. The molecule has 0 bridgehead atoms. The summed E-state index contributed by atoms with van der Waals surface area (Å²) in [5, 5.41) is 10.4. The maximum Gasteiger partial charge on any atom is 0.128 e. The molecule has 0 saturated heterocycles. The number of benzene rings is 1.